The van der Waals surface area contributed by atoms with Crippen LogP contribution in [0.3, 0.4) is 0 Å². The second-order valence-corrected chi connectivity index (χ2v) is 5.03. The van der Waals surface area contributed by atoms with Crippen LogP contribution in [0.1, 0.15) is 31.2 Å². The summed E-state index contributed by atoms with van der Waals surface area (Å²) in [6.45, 7) is 4.78. The molecule has 112 valence electrons. The molecular weight excluding hydrogens is 290 g/mol. The van der Waals surface area contributed by atoms with Gasteiger partial charge in [-0.25, -0.2) is 0 Å². The molecule has 0 aromatic heterocycles. The molecule has 2 aromatic rings. The zero-order chi connectivity index (χ0) is 15.2. The minimum atomic E-state index is -0.0897. The van der Waals surface area contributed by atoms with Crippen LogP contribution in [0, 0.1) is 0 Å². The molecule has 5 heteroatoms. The fourth-order valence-electron chi connectivity index (χ4n) is 2.12. The van der Waals surface area contributed by atoms with E-state index in [1.165, 1.54) is 0 Å². The second-order valence-electron chi connectivity index (χ2n) is 4.41. The second kappa shape index (κ2) is 9.01. The summed E-state index contributed by atoms with van der Waals surface area (Å²) in [5, 5.41) is 0.858. The zero-order valence-corrected chi connectivity index (χ0v) is 14.4. The van der Waals surface area contributed by atoms with E-state index in [9.17, 15) is 4.79 Å². The molecule has 0 bridgehead atoms. The summed E-state index contributed by atoms with van der Waals surface area (Å²) in [6.07, 6.45) is 0. The Morgan fingerprint density at radius 1 is 1.00 bits per heavy atom. The smallest absolute Gasteiger partial charge is 1.00 e. The van der Waals surface area contributed by atoms with E-state index < -0.39 is 0 Å². The van der Waals surface area contributed by atoms with E-state index in [1.54, 1.807) is 12.1 Å². The van der Waals surface area contributed by atoms with E-state index in [-0.39, 0.29) is 26.1 Å². The Labute approximate surface area is 147 Å². The van der Waals surface area contributed by atoms with Gasteiger partial charge in [0.15, 0.2) is 0 Å². The van der Waals surface area contributed by atoms with Gasteiger partial charge in [0.25, 0.3) is 0 Å². The van der Waals surface area contributed by atoms with Crippen molar-refractivity contribution in [3.05, 3.63) is 53.6 Å². The van der Waals surface area contributed by atoms with E-state index in [2.05, 4.69) is 9.24 Å². The van der Waals surface area contributed by atoms with Crippen LogP contribution < -0.4 is 33.6 Å². The number of ketones is 1. The summed E-state index contributed by atoms with van der Waals surface area (Å²) in [6, 6.07) is 12.9. The van der Waals surface area contributed by atoms with Crippen molar-refractivity contribution in [2.24, 2.45) is 0 Å². The van der Waals surface area contributed by atoms with E-state index in [4.69, 9.17) is 9.47 Å². The number of rotatable bonds is 6. The van der Waals surface area contributed by atoms with Gasteiger partial charge in [-0.1, -0.05) is 30.3 Å². The Hall–Kier alpha value is -1.26. The predicted molar refractivity (Wildman–Crippen MR) is 89.1 cm³/mol. The monoisotopic (exact) mass is 310 g/mol. The van der Waals surface area contributed by atoms with Crippen LogP contribution in [0.15, 0.2) is 42.5 Å². The van der Waals surface area contributed by atoms with Crippen molar-refractivity contribution in [2.75, 3.05) is 13.2 Å². The van der Waals surface area contributed by atoms with Crippen molar-refractivity contribution in [2.45, 2.75) is 13.8 Å². The number of hydrogen-bond acceptors (Lipinski definition) is 3. The van der Waals surface area contributed by atoms with Gasteiger partial charge in [0.1, 0.15) is 17.1 Å². The van der Waals surface area contributed by atoms with Crippen LogP contribution in [0.5, 0.6) is 11.5 Å². The fourth-order valence-corrected chi connectivity index (χ4v) is 2.46. The van der Waals surface area contributed by atoms with Gasteiger partial charge in [0.05, 0.1) is 13.2 Å². The Bertz CT molecular complexity index is 625. The van der Waals surface area contributed by atoms with Crippen LogP contribution in [0.25, 0.3) is 0 Å². The molecular formula is C17H20LiO3P. The molecule has 0 spiro atoms. The van der Waals surface area contributed by atoms with Gasteiger partial charge in [-0.2, -0.15) is 0 Å². The maximum absolute atomic E-state index is 12.9. The minimum absolute atomic E-state index is 0. The molecule has 0 amide bonds. The Kier molecular flexibility index (Phi) is 7.69. The first kappa shape index (κ1) is 18.8. The molecule has 0 aliphatic heterocycles. The number of carbonyl (C=O) groups excluding carboxylic acids is 1. The van der Waals surface area contributed by atoms with E-state index in [0.717, 1.165) is 5.30 Å². The molecule has 0 saturated heterocycles. The van der Waals surface area contributed by atoms with Crippen molar-refractivity contribution in [1.82, 2.24) is 0 Å². The summed E-state index contributed by atoms with van der Waals surface area (Å²) >= 11 is 0. The van der Waals surface area contributed by atoms with Crippen LogP contribution in [-0.2, 0) is 0 Å². The number of carbonyl (C=O) groups is 1. The first-order valence-electron chi connectivity index (χ1n) is 6.96. The molecule has 0 saturated carbocycles. The van der Waals surface area contributed by atoms with E-state index >= 15 is 0 Å². The van der Waals surface area contributed by atoms with Crippen molar-refractivity contribution >= 4 is 20.3 Å². The SMILES string of the molecule is CCOc1cccc(OCC)c1C(=O)c1ccccc1P.[H-].[Li+]. The molecule has 0 N–H and O–H groups in total. The molecule has 0 heterocycles. The summed E-state index contributed by atoms with van der Waals surface area (Å²) in [5.74, 6) is 1.02. The molecule has 0 aliphatic carbocycles. The third-order valence-electron chi connectivity index (χ3n) is 3.02. The van der Waals surface area contributed by atoms with Gasteiger partial charge >= 0.3 is 18.9 Å². The van der Waals surface area contributed by atoms with Gasteiger partial charge in [0.2, 0.25) is 5.78 Å². The summed E-state index contributed by atoms with van der Waals surface area (Å²) in [5.41, 5.74) is 1.12. The number of benzene rings is 2. The summed E-state index contributed by atoms with van der Waals surface area (Å²) < 4.78 is 11.2. The normalized spacial score (nSPS) is 9.77. The van der Waals surface area contributed by atoms with Crippen molar-refractivity contribution in [3.8, 4) is 11.5 Å². The molecule has 1 atom stereocenters. The summed E-state index contributed by atoms with van der Waals surface area (Å²) in [7, 11) is 2.59. The standard InChI is InChI=1S/C17H19O3P.Li.H/c1-3-19-13-9-7-10-14(20-4-2)16(13)17(18)12-8-5-6-11-15(12)21;;/h5-11H,3-4,21H2,1-2H3;;/q;+1;-1. The minimum Gasteiger partial charge on any atom is -1.00 e. The first-order valence-corrected chi connectivity index (χ1v) is 7.54. The maximum atomic E-state index is 12.9. The third kappa shape index (κ3) is 4.14. The average Bonchev–Trinajstić information content (AvgIpc) is 2.48. The largest absolute Gasteiger partial charge is 1.00 e. The third-order valence-corrected chi connectivity index (χ3v) is 3.52. The predicted octanol–water partition coefficient (Wildman–Crippen LogP) is 0.332. The van der Waals surface area contributed by atoms with Crippen molar-refractivity contribution < 1.29 is 34.6 Å². The molecule has 2 rings (SSSR count). The van der Waals surface area contributed by atoms with Gasteiger partial charge in [0, 0.05) is 5.56 Å². The molecule has 1 unspecified atom stereocenters. The molecule has 22 heavy (non-hydrogen) atoms. The van der Waals surface area contributed by atoms with Crippen LogP contribution >= 0.6 is 9.24 Å². The molecule has 0 aliphatic rings. The zero-order valence-electron chi connectivity index (χ0n) is 14.3. The number of ether oxygens (including phenoxy) is 2. The van der Waals surface area contributed by atoms with E-state index in [0.29, 0.717) is 35.8 Å². The van der Waals surface area contributed by atoms with Crippen molar-refractivity contribution in [3.63, 3.8) is 0 Å². The summed E-state index contributed by atoms with van der Waals surface area (Å²) in [4.78, 5) is 12.9. The van der Waals surface area contributed by atoms with E-state index in [1.807, 2.05) is 44.2 Å². The first-order chi connectivity index (χ1) is 10.2. The fraction of sp³-hybridized carbons (Fsp3) is 0.235. The topological polar surface area (TPSA) is 35.5 Å². The van der Waals surface area contributed by atoms with Gasteiger partial charge < -0.3 is 10.9 Å². The van der Waals surface area contributed by atoms with Crippen molar-refractivity contribution in [1.29, 1.82) is 0 Å². The Balaban J connectivity index is 0.00000242. The quantitative estimate of drug-likeness (QED) is 0.438. The van der Waals surface area contributed by atoms with Gasteiger partial charge in [-0.05, 0) is 31.3 Å². The van der Waals surface area contributed by atoms with Gasteiger partial charge in [-0.3, -0.25) is 4.79 Å². The Morgan fingerprint density at radius 3 is 2.05 bits per heavy atom. The van der Waals surface area contributed by atoms with Crippen LogP contribution in [0.2, 0.25) is 0 Å². The van der Waals surface area contributed by atoms with Crippen LogP contribution in [0.4, 0.5) is 0 Å². The number of hydrogen-bond donors (Lipinski definition) is 0. The van der Waals surface area contributed by atoms with Gasteiger partial charge in [-0.15, -0.1) is 9.24 Å². The maximum Gasteiger partial charge on any atom is 1.00 e. The van der Waals surface area contributed by atoms with Crippen LogP contribution in [-0.4, -0.2) is 19.0 Å². The molecule has 3 nitrogen and oxygen atoms in total. The Morgan fingerprint density at radius 2 is 1.55 bits per heavy atom. The molecule has 0 radical (unpaired) electrons. The molecule has 2 aromatic carbocycles. The average molecular weight is 310 g/mol. The molecule has 0 fully saturated rings.